The quantitative estimate of drug-likeness (QED) is 0.527. The van der Waals surface area contributed by atoms with Crippen molar-refractivity contribution in [2.75, 3.05) is 13.1 Å². The van der Waals surface area contributed by atoms with Crippen LogP contribution in [-0.4, -0.2) is 61.1 Å². The van der Waals surface area contributed by atoms with Gasteiger partial charge in [-0.2, -0.15) is 5.10 Å². The number of carbonyl (C=O) groups excluding carboxylic acids is 2. The van der Waals surface area contributed by atoms with Gasteiger partial charge in [0.1, 0.15) is 22.9 Å². The Morgan fingerprint density at radius 2 is 1.89 bits per heavy atom. The van der Waals surface area contributed by atoms with Gasteiger partial charge in [0.2, 0.25) is 0 Å². The smallest absolute Gasteiger partial charge is 0.275 e. The number of rotatable bonds is 3. The van der Waals surface area contributed by atoms with Gasteiger partial charge in [-0.05, 0) is 50.0 Å². The van der Waals surface area contributed by atoms with Crippen LogP contribution in [0.2, 0.25) is 0 Å². The van der Waals surface area contributed by atoms with E-state index in [4.69, 9.17) is 0 Å². The molecule has 9 heteroatoms. The Morgan fingerprint density at radius 1 is 1.14 bits per heavy atom. The first-order valence-corrected chi connectivity index (χ1v) is 12.4. The average Bonchev–Trinajstić information content (AvgIpc) is 3.51. The molecule has 3 aromatic rings. The highest BCUT2D eigenvalue weighted by atomic mass is 19.1. The van der Waals surface area contributed by atoms with Crippen LogP contribution in [0.5, 0.6) is 0 Å². The molecule has 4 heterocycles. The van der Waals surface area contributed by atoms with E-state index >= 15 is 0 Å². The maximum Gasteiger partial charge on any atom is 0.275 e. The fourth-order valence-electron chi connectivity index (χ4n) is 4.80. The highest BCUT2D eigenvalue weighted by molar-refractivity contribution is 5.99. The van der Waals surface area contributed by atoms with Crippen LogP contribution in [0.1, 0.15) is 62.7 Å². The summed E-state index contributed by atoms with van der Waals surface area (Å²) in [7, 11) is 0. The maximum absolute atomic E-state index is 14.3. The van der Waals surface area contributed by atoms with Gasteiger partial charge in [0.05, 0.1) is 11.9 Å². The molecule has 0 atom stereocenters. The lowest BCUT2D eigenvalue weighted by molar-refractivity contribution is -0.143. The Hall–Kier alpha value is -3.88. The molecule has 0 radical (unpaired) electrons. The monoisotopic (exact) mass is 502 g/mol. The molecule has 5 rings (SSSR count). The highest BCUT2D eigenvalue weighted by Gasteiger charge is 2.46. The van der Waals surface area contributed by atoms with Crippen LogP contribution >= 0.6 is 0 Å². The number of aromatic nitrogens is 3. The summed E-state index contributed by atoms with van der Waals surface area (Å²) in [5.74, 6) is -0.186. The molecule has 1 aromatic carbocycles. The number of hydrogen-bond acceptors (Lipinski definition) is 5. The third kappa shape index (κ3) is 4.22. The van der Waals surface area contributed by atoms with Gasteiger partial charge >= 0.3 is 0 Å². The first kappa shape index (κ1) is 24.8. The van der Waals surface area contributed by atoms with Crippen LogP contribution in [0.3, 0.4) is 0 Å². The van der Waals surface area contributed by atoms with Crippen LogP contribution in [0.4, 0.5) is 4.39 Å². The largest absolute Gasteiger partial charge is 0.321 e. The van der Waals surface area contributed by atoms with E-state index in [9.17, 15) is 14.0 Å². The molecule has 0 unspecified atom stereocenters. The molecule has 1 saturated heterocycles. The number of halogens is 1. The van der Waals surface area contributed by atoms with Crippen LogP contribution in [0.25, 0.3) is 16.9 Å². The van der Waals surface area contributed by atoms with Gasteiger partial charge in [-0.1, -0.05) is 32.9 Å². The zero-order valence-corrected chi connectivity index (χ0v) is 22.0. The van der Waals surface area contributed by atoms with E-state index in [-0.39, 0.29) is 28.7 Å². The van der Waals surface area contributed by atoms with E-state index in [1.807, 2.05) is 18.2 Å². The van der Waals surface area contributed by atoms with Gasteiger partial charge in [-0.15, -0.1) is 0 Å². The lowest BCUT2D eigenvalue weighted by Gasteiger charge is -2.45. The molecule has 192 valence electrons. The molecule has 0 N–H and O–H groups in total. The van der Waals surface area contributed by atoms with E-state index in [1.165, 1.54) is 6.07 Å². The van der Waals surface area contributed by atoms with Crippen molar-refractivity contribution < 1.29 is 14.0 Å². The van der Waals surface area contributed by atoms with Gasteiger partial charge in [0.15, 0.2) is 5.65 Å². The first-order chi connectivity index (χ1) is 17.4. The van der Waals surface area contributed by atoms with Crippen molar-refractivity contribution in [3.63, 3.8) is 0 Å². The Bertz CT molecular complexity index is 1490. The van der Waals surface area contributed by atoms with Gasteiger partial charge in [-0.25, -0.2) is 18.9 Å². The molecule has 8 nitrogen and oxygen atoms in total. The van der Waals surface area contributed by atoms with Gasteiger partial charge in [-0.3, -0.25) is 14.5 Å². The van der Waals surface area contributed by atoms with Crippen molar-refractivity contribution in [3.8, 4) is 11.3 Å². The maximum atomic E-state index is 14.3. The molecule has 1 fully saturated rings. The minimum absolute atomic E-state index is 0.182. The molecule has 2 aliphatic rings. The van der Waals surface area contributed by atoms with Crippen molar-refractivity contribution in [2.45, 2.75) is 58.9 Å². The number of aryl methyl sites for hydroxylation is 1. The van der Waals surface area contributed by atoms with Crippen LogP contribution in [0, 0.1) is 12.7 Å². The molecule has 0 bridgehead atoms. The van der Waals surface area contributed by atoms with E-state index in [0.717, 1.165) is 5.56 Å². The highest BCUT2D eigenvalue weighted by Crippen LogP contribution is 2.32. The average molecular weight is 503 g/mol. The second-order valence-electron chi connectivity index (χ2n) is 11.1. The van der Waals surface area contributed by atoms with Crippen molar-refractivity contribution in [1.29, 1.82) is 0 Å². The Balaban J connectivity index is 1.54. The fourth-order valence-corrected chi connectivity index (χ4v) is 4.80. The summed E-state index contributed by atoms with van der Waals surface area (Å²) < 4.78 is 15.9. The van der Waals surface area contributed by atoms with Crippen LogP contribution in [0.15, 0.2) is 47.4 Å². The summed E-state index contributed by atoms with van der Waals surface area (Å²) >= 11 is 0. The lowest BCUT2D eigenvalue weighted by atomic mass is 9.87. The van der Waals surface area contributed by atoms with Crippen molar-refractivity contribution in [3.05, 3.63) is 65.0 Å². The Labute approximate surface area is 215 Å². The zero-order chi connectivity index (χ0) is 26.7. The number of imidazole rings is 1. The summed E-state index contributed by atoms with van der Waals surface area (Å²) in [6.45, 7) is 12.1. The number of amides is 2. The normalized spacial score (nSPS) is 17.6. The summed E-state index contributed by atoms with van der Waals surface area (Å²) in [6, 6.07) is 6.93. The van der Waals surface area contributed by atoms with Gasteiger partial charge in [0.25, 0.3) is 11.8 Å². The van der Waals surface area contributed by atoms with Crippen molar-refractivity contribution in [1.82, 2.24) is 24.4 Å². The van der Waals surface area contributed by atoms with Gasteiger partial charge in [0, 0.05) is 36.9 Å². The van der Waals surface area contributed by atoms with Crippen molar-refractivity contribution in [2.24, 2.45) is 4.99 Å². The van der Waals surface area contributed by atoms with Gasteiger partial charge < -0.3 is 4.90 Å². The predicted molar refractivity (Wildman–Crippen MR) is 140 cm³/mol. The number of hydrogen-bond donors (Lipinski definition) is 0. The number of fused-ring (bicyclic) bond motifs is 1. The number of piperazine rings is 1. The van der Waals surface area contributed by atoms with E-state index in [1.54, 1.807) is 53.6 Å². The fraction of sp³-hybridized carbons (Fsp3) is 0.393. The summed E-state index contributed by atoms with van der Waals surface area (Å²) in [6.07, 6.45) is 5.97. The number of benzene rings is 1. The van der Waals surface area contributed by atoms with E-state index < -0.39 is 5.54 Å². The predicted octanol–water partition coefficient (Wildman–Crippen LogP) is 4.52. The number of nitrogens with zero attached hydrogens (tertiary/aromatic N) is 6. The summed E-state index contributed by atoms with van der Waals surface area (Å²) in [4.78, 5) is 39.2. The third-order valence-electron chi connectivity index (χ3n) is 7.06. The second kappa shape index (κ2) is 8.61. The minimum atomic E-state index is -1.07. The molecular weight excluding hydrogens is 471 g/mol. The van der Waals surface area contributed by atoms with Crippen molar-refractivity contribution >= 4 is 23.7 Å². The SMILES string of the molecule is Cc1ccc(-c2cc(C(C)(C)C)c3nc(C(=O)N4CCN(C5=CCC=N5)C(=O)C4(C)C)cn3n2)cc1F. The minimum Gasteiger partial charge on any atom is -0.321 e. The molecule has 0 aliphatic carbocycles. The van der Waals surface area contributed by atoms with E-state index in [2.05, 4.69) is 35.8 Å². The zero-order valence-electron chi connectivity index (χ0n) is 22.0. The molecule has 2 amide bonds. The number of carbonyl (C=O) groups is 2. The lowest BCUT2D eigenvalue weighted by Crippen LogP contribution is -2.64. The van der Waals surface area contributed by atoms with Crippen LogP contribution < -0.4 is 0 Å². The molecule has 2 aromatic heterocycles. The molecular formula is C28H31FN6O2. The standard InChI is InChI=1S/C28H31FN6O2/c1-17-9-10-18(14-20(17)29)21-15-19(27(2,3)4)24-31-22(16-35(24)32-21)25(36)34-13-12-33(23-8-7-11-30-23)26(37)28(34,5)6/h8-11,14-16H,7,12-13H2,1-6H3. The summed E-state index contributed by atoms with van der Waals surface area (Å²) in [5, 5.41) is 4.67. The van der Waals surface area contributed by atoms with Crippen LogP contribution in [-0.2, 0) is 10.2 Å². The molecule has 0 spiro atoms. The molecule has 37 heavy (non-hydrogen) atoms. The Morgan fingerprint density at radius 3 is 2.54 bits per heavy atom. The number of aliphatic imine (C=N–C) groups is 1. The third-order valence-corrected chi connectivity index (χ3v) is 7.06. The first-order valence-electron chi connectivity index (χ1n) is 12.4. The topological polar surface area (TPSA) is 83.2 Å². The summed E-state index contributed by atoms with van der Waals surface area (Å²) in [5.41, 5.74) is 2.04. The van der Waals surface area contributed by atoms with E-state index in [0.29, 0.717) is 47.8 Å². The Kier molecular flexibility index (Phi) is 5.77. The molecule has 0 saturated carbocycles. The molecule has 2 aliphatic heterocycles. The number of allylic oxidation sites excluding steroid dienone is 1. The second-order valence-corrected chi connectivity index (χ2v) is 11.1.